The highest BCUT2D eigenvalue weighted by Crippen LogP contribution is 2.49. The highest BCUT2D eigenvalue weighted by molar-refractivity contribution is 7.80. The number of aliphatic carboxylic acids is 2. The van der Waals surface area contributed by atoms with Gasteiger partial charge in [-0.25, -0.2) is 77.6 Å². The number of nitriles is 1. The lowest BCUT2D eigenvalue weighted by atomic mass is 9.64. The quantitative estimate of drug-likeness (QED) is 0.00283. The number of pyridine rings is 1. The minimum atomic E-state index is -1.80. The first kappa shape index (κ1) is 110. The Hall–Kier alpha value is -13.1. The highest BCUT2D eigenvalue weighted by Gasteiger charge is 2.58. The molecule has 2 fully saturated rings. The maximum atomic E-state index is 13.6. The van der Waals surface area contributed by atoms with E-state index in [1.165, 1.54) is 79.3 Å². The lowest BCUT2D eigenvalue weighted by Crippen LogP contribution is -2.55. The lowest BCUT2D eigenvalue weighted by molar-refractivity contribution is -0.172. The summed E-state index contributed by atoms with van der Waals surface area (Å²) in [6.07, 6.45) is 10.6. The summed E-state index contributed by atoms with van der Waals surface area (Å²) < 4.78 is 170. The van der Waals surface area contributed by atoms with E-state index in [1.807, 2.05) is 0 Å². The SMILES string of the molecule is CCOC(=O)C1C(=O)CC(C)(O)C(C(=O)OC)C1c1ncc(-c2cc(F)cc(F)c2)s1.N#Cc1cc(F)cc(F)c1.N/C(CCCc1ccc2c(n1)NCCC2)=N\O.NC(=S)c1cc(F)cc(F)c1.O=C(O)CC(CC(=O)O)c1ncc(-c2cc(F)cc(F)c2)s1.O=C1CC(c2cnc(-c3cc(F)cc(F)c3)s2)CC(=O)O1.O=CC(Cl)C=O.O=Cc1cnc(-c2cc(F)cc(F)c2)s1.S. The number of ketones is 1. The Morgan fingerprint density at radius 3 is 1.58 bits per heavy atom. The molecule has 11 aromatic rings. The number of nitrogens with zero attached hydrogens (tertiary/aromatic N) is 7. The molecule has 0 radical (unpaired) electrons. The normalized spacial score (nSPS) is 15.2. The average Bonchev–Trinajstić information content (AvgIpc) is 1.44. The number of methoxy groups -OCH3 is 1. The monoisotopic (exact) mass is 2000 g/mol. The Balaban J connectivity index is 0.000000244. The van der Waals surface area contributed by atoms with Crippen molar-refractivity contribution in [1.29, 1.82) is 5.26 Å². The number of aliphatic hydroxyl groups is 1. The van der Waals surface area contributed by atoms with Crippen LogP contribution in [-0.4, -0.2) is 148 Å². The molecule has 4 atom stereocenters. The van der Waals surface area contributed by atoms with E-state index in [4.69, 9.17) is 53.2 Å². The van der Waals surface area contributed by atoms with E-state index in [-0.39, 0.29) is 89.8 Å². The van der Waals surface area contributed by atoms with E-state index in [9.17, 15) is 106 Å². The Kier molecular flexibility index (Phi) is 43.3. The molecule has 0 amide bonds. The van der Waals surface area contributed by atoms with Gasteiger partial charge in [-0.15, -0.1) is 56.9 Å². The van der Waals surface area contributed by atoms with Crippen molar-refractivity contribution in [3.8, 4) is 48.1 Å². The summed E-state index contributed by atoms with van der Waals surface area (Å²) in [6.45, 7) is 3.92. The fourth-order valence-electron chi connectivity index (χ4n) is 12.6. The van der Waals surface area contributed by atoms with Crippen molar-refractivity contribution in [2.45, 2.75) is 107 Å². The third-order valence-corrected chi connectivity index (χ3v) is 23.2. The number of aldehydes is 3. The van der Waals surface area contributed by atoms with Crippen LogP contribution in [-0.2, 0) is 70.2 Å². The van der Waals surface area contributed by atoms with E-state index in [2.05, 4.69) is 64.5 Å². The van der Waals surface area contributed by atoms with Gasteiger partial charge in [-0.1, -0.05) is 23.4 Å². The number of hydrogen-bond donors (Lipinski definition) is 7. The zero-order valence-corrected chi connectivity index (χ0v) is 75.7. The number of carbonyl (C=O) groups is 10. The molecule has 6 aromatic carbocycles. The molecule has 134 heavy (non-hydrogen) atoms. The first-order chi connectivity index (χ1) is 63.0. The summed E-state index contributed by atoms with van der Waals surface area (Å²) in [5.41, 5.74) is 12.5. The van der Waals surface area contributed by atoms with Crippen LogP contribution in [0.3, 0.4) is 0 Å². The number of alkyl halides is 1. The number of thiocarbonyl (C=S) groups is 1. The van der Waals surface area contributed by atoms with Gasteiger partial charge < -0.3 is 61.1 Å². The molecule has 5 aromatic heterocycles. The average molecular weight is 2000 g/mol. The van der Waals surface area contributed by atoms with Gasteiger partial charge in [0.25, 0.3) is 0 Å². The number of hydrogen-bond acceptors (Lipinski definition) is 28. The Labute approximate surface area is 787 Å². The Bertz CT molecular complexity index is 5950. The van der Waals surface area contributed by atoms with Crippen LogP contribution in [0.2, 0.25) is 0 Å². The number of Topliss-reactive ketones (excluding diaryl/α,β-unsaturated/α-hetero) is 1. The highest BCUT2D eigenvalue weighted by atomic mass is 35.5. The van der Waals surface area contributed by atoms with E-state index in [0.717, 1.165) is 168 Å². The van der Waals surface area contributed by atoms with Crippen LogP contribution in [0.4, 0.5) is 58.5 Å². The number of nitrogens with two attached hydrogens (primary N) is 2. The standard InChI is InChI=1S/C21H21F2NO6S.C14H11F2NO4S.C14H9F2NO3S.C12H18N4O.C10H5F2NOS.C7H5F2NS.C7H3F2N.C3H3ClO2.H2S/c1-4-30-19(26)15-13(25)8-21(2,28)17(20(27)29-3)16(15)18-24-9-14(31-18)10-5-11(22)7-12(23)6-10;15-9-1-7(2-10(16)5-9)11-6-17-14(22-11)8(3-12(18)19)4-13(20)21;15-9-1-8(2-10(16)5-9)14-17-6-11(21-14)7-3-12(18)20-13(19)4-7;13-11(16-17)5-1-4-10-7-6-9-3-2-8-14-12(9)15-10;11-7-1-6(2-8(12)3-7)10-13-4-9(5-14)15-10;8-5-1-4(7(10)11)2-6(9)3-5;8-6-1-5(4-10)2-7(9)3-6;4-3(1-5)2-6;/h5-7,9,15-17,28H,4,8H2,1-3H3;1-2,5-6,8H,3-4H2,(H,18,19)(H,20,21);1-2,5-7H,3-4H2;6-7,17H,1-5,8H2,(H2,13,16)(H,14,15);1-5H;1-3H,(H2,10,11);1-3H;1-3H;1H2. The second-order valence-electron chi connectivity index (χ2n) is 28.4. The number of fused-ring (bicyclic) bond motifs is 1. The summed E-state index contributed by atoms with van der Waals surface area (Å²) in [5.74, 6) is -17.8. The molecule has 1 saturated carbocycles. The fourth-order valence-corrected chi connectivity index (χ4v) is 16.5. The number of carboxylic acid groups (broad SMARTS) is 2. The van der Waals surface area contributed by atoms with E-state index in [0.29, 0.717) is 66.1 Å². The maximum Gasteiger partial charge on any atom is 0.317 e. The molecular weight excluding hydrogens is 1920 g/mol. The van der Waals surface area contributed by atoms with Crippen LogP contribution in [0.1, 0.15) is 130 Å². The van der Waals surface area contributed by atoms with Crippen LogP contribution < -0.4 is 16.8 Å². The number of rotatable bonds is 22. The van der Waals surface area contributed by atoms with Gasteiger partial charge in [0.15, 0.2) is 12.1 Å². The summed E-state index contributed by atoms with van der Waals surface area (Å²) in [5, 5.41) is 51.8. The number of cyclic esters (lactones) is 2. The maximum absolute atomic E-state index is 13.6. The number of aryl methyl sites for hydroxylation is 2. The molecule has 3 aliphatic rings. The largest absolute Gasteiger partial charge is 0.481 e. The number of esters is 4. The number of oxime groups is 1. The molecule has 7 heterocycles. The molecule has 708 valence electrons. The number of carboxylic acids is 2. The minimum Gasteiger partial charge on any atom is -0.481 e. The van der Waals surface area contributed by atoms with Gasteiger partial charge in [-0.2, -0.15) is 18.8 Å². The number of anilines is 1. The van der Waals surface area contributed by atoms with Crippen LogP contribution in [0, 0.1) is 93.0 Å². The van der Waals surface area contributed by atoms with Crippen molar-refractivity contribution < 1.29 is 135 Å². The Morgan fingerprint density at radius 1 is 0.664 bits per heavy atom. The van der Waals surface area contributed by atoms with Gasteiger partial charge in [0, 0.05) is 126 Å². The second kappa shape index (κ2) is 53.0. The predicted octanol–water partition coefficient (Wildman–Crippen LogP) is 17.0. The zero-order chi connectivity index (χ0) is 98.1. The van der Waals surface area contributed by atoms with Crippen LogP contribution in [0.5, 0.6) is 0 Å². The number of amidine groups is 1. The molecule has 2 aliphatic heterocycles. The molecule has 0 spiro atoms. The lowest BCUT2D eigenvalue weighted by Gasteiger charge is -2.42. The van der Waals surface area contributed by atoms with E-state index in [1.54, 1.807) is 13.0 Å². The molecule has 4 unspecified atom stereocenters. The summed E-state index contributed by atoms with van der Waals surface area (Å²) in [7, 11) is 1.13. The first-order valence-corrected chi connectivity index (χ1v) is 42.8. The number of carbonyl (C=O) groups excluding carboxylic acids is 8. The molecular formula is C88H77ClF12N10O17S6. The molecule has 27 nitrogen and oxygen atoms in total. The van der Waals surface area contributed by atoms with Crippen molar-refractivity contribution in [2.24, 2.45) is 28.5 Å². The molecule has 1 saturated heterocycles. The molecule has 0 bridgehead atoms. The number of thiazole rings is 4. The van der Waals surface area contributed by atoms with Crippen LogP contribution >= 0.6 is 82.7 Å². The molecule has 14 rings (SSSR count). The molecule has 1 aliphatic carbocycles. The number of ether oxygens (including phenoxy) is 3. The summed E-state index contributed by atoms with van der Waals surface area (Å²) >= 11 is 13.7. The van der Waals surface area contributed by atoms with E-state index < -0.39 is 152 Å². The van der Waals surface area contributed by atoms with E-state index >= 15 is 0 Å². The van der Waals surface area contributed by atoms with Crippen molar-refractivity contribution in [1.82, 2.24) is 24.9 Å². The smallest absolute Gasteiger partial charge is 0.317 e. The third-order valence-electron chi connectivity index (χ3n) is 18.3. The van der Waals surface area contributed by atoms with Crippen molar-refractivity contribution in [3.05, 3.63) is 258 Å². The van der Waals surface area contributed by atoms with Gasteiger partial charge in [0.05, 0.1) is 87.2 Å². The van der Waals surface area contributed by atoms with Crippen LogP contribution in [0.25, 0.3) is 42.0 Å². The number of benzene rings is 6. The molecule has 46 heteroatoms. The van der Waals surface area contributed by atoms with Crippen LogP contribution in [0.15, 0.2) is 151 Å². The summed E-state index contributed by atoms with van der Waals surface area (Å²) in [4.78, 5) is 134. The van der Waals surface area contributed by atoms with Gasteiger partial charge >= 0.3 is 35.8 Å². The number of halogens is 13. The topological polar surface area (TPSA) is 444 Å². The number of aromatic nitrogens is 5. The first-order valence-electron chi connectivity index (χ1n) is 38.7. The van der Waals surface area contributed by atoms with Gasteiger partial charge in [0.1, 0.15) is 120 Å². The fraction of sp³-hybridized carbons (Fsp3) is 0.250. The van der Waals surface area contributed by atoms with Gasteiger partial charge in [-0.05, 0) is 135 Å². The Morgan fingerprint density at radius 2 is 1.13 bits per heavy atom. The molecule has 9 N–H and O–H groups in total. The number of nitrogens with one attached hydrogen (secondary N) is 1. The third kappa shape index (κ3) is 34.5. The zero-order valence-electron chi connectivity index (χ0n) is 69.9. The predicted molar refractivity (Wildman–Crippen MR) is 477 cm³/mol. The van der Waals surface area contributed by atoms with Gasteiger partial charge in [0.2, 0.25) is 0 Å². The minimum absolute atomic E-state index is 0. The van der Waals surface area contributed by atoms with Gasteiger partial charge in [-0.3, -0.25) is 38.4 Å². The van der Waals surface area contributed by atoms with Crippen molar-refractivity contribution >= 4 is 160 Å². The summed E-state index contributed by atoms with van der Waals surface area (Å²) in [6, 6.07) is 23.7. The second-order valence-corrected chi connectivity index (χ2v) is 33.6. The van der Waals surface area contributed by atoms with Crippen molar-refractivity contribution in [3.63, 3.8) is 0 Å². The van der Waals surface area contributed by atoms with Crippen molar-refractivity contribution in [2.75, 3.05) is 25.6 Å².